The third-order valence-corrected chi connectivity index (χ3v) is 2.52. The van der Waals surface area contributed by atoms with Crippen LogP contribution >= 0.6 is 0 Å². The van der Waals surface area contributed by atoms with E-state index in [4.69, 9.17) is 0 Å². The van der Waals surface area contributed by atoms with Gasteiger partial charge in [0.05, 0.1) is 0 Å². The molecule has 0 unspecified atom stereocenters. The Hall–Kier alpha value is -2.38. The van der Waals surface area contributed by atoms with E-state index in [0.717, 1.165) is 30.3 Å². The van der Waals surface area contributed by atoms with Crippen molar-refractivity contribution < 1.29 is 35.8 Å². The van der Waals surface area contributed by atoms with E-state index in [-0.39, 0.29) is 11.3 Å². The number of hydrogen-bond donors (Lipinski definition) is 0. The minimum Gasteiger partial charge on any atom is -0.435 e. The minimum absolute atomic E-state index is 0.175. The Kier molecular flexibility index (Phi) is 4.48. The van der Waals surface area contributed by atoms with Gasteiger partial charge in [0.25, 0.3) is 0 Å². The van der Waals surface area contributed by atoms with Crippen molar-refractivity contribution in [2.45, 2.75) is 13.0 Å². The topological polar surface area (TPSA) is 18.5 Å². The van der Waals surface area contributed by atoms with Gasteiger partial charge in [-0.2, -0.15) is 8.78 Å². The summed E-state index contributed by atoms with van der Waals surface area (Å²) in [4.78, 5) is 0. The molecule has 0 N–H and O–H groups in total. The van der Waals surface area contributed by atoms with Crippen LogP contribution in [0.15, 0.2) is 42.5 Å². The van der Waals surface area contributed by atoms with Crippen LogP contribution in [0.1, 0.15) is 0 Å². The number of alkyl halides is 5. The molecule has 0 fully saturated rings. The highest BCUT2D eigenvalue weighted by atomic mass is 19.4. The number of rotatable bonds is 4. The van der Waals surface area contributed by atoms with Gasteiger partial charge < -0.3 is 9.47 Å². The van der Waals surface area contributed by atoms with Crippen molar-refractivity contribution >= 4 is 0 Å². The first kappa shape index (κ1) is 16.0. The van der Waals surface area contributed by atoms with Crippen LogP contribution in [0.25, 0.3) is 11.1 Å². The van der Waals surface area contributed by atoms with Gasteiger partial charge in [0, 0.05) is 6.07 Å². The predicted octanol–water partition coefficient (Wildman–Crippen LogP) is 4.99. The van der Waals surface area contributed by atoms with Gasteiger partial charge in [-0.1, -0.05) is 12.1 Å². The molecular formula is C14H8F6O2. The molecule has 0 radical (unpaired) electrons. The molecule has 118 valence electrons. The van der Waals surface area contributed by atoms with Crippen LogP contribution in [0.5, 0.6) is 11.5 Å². The van der Waals surface area contributed by atoms with E-state index in [1.807, 2.05) is 0 Å². The zero-order chi connectivity index (χ0) is 16.3. The van der Waals surface area contributed by atoms with Crippen LogP contribution in [-0.4, -0.2) is 13.0 Å². The molecule has 0 aromatic heterocycles. The molecule has 0 amide bonds. The van der Waals surface area contributed by atoms with Crippen LogP contribution in [0.2, 0.25) is 0 Å². The highest BCUT2D eigenvalue weighted by Gasteiger charge is 2.30. The van der Waals surface area contributed by atoms with Gasteiger partial charge >= 0.3 is 13.0 Å². The van der Waals surface area contributed by atoms with Gasteiger partial charge in [0.15, 0.2) is 0 Å². The second-order valence-corrected chi connectivity index (χ2v) is 4.13. The zero-order valence-electron chi connectivity index (χ0n) is 10.7. The maximum atomic E-state index is 13.4. The van der Waals surface area contributed by atoms with E-state index in [1.165, 1.54) is 12.1 Å². The predicted molar refractivity (Wildman–Crippen MR) is 65.2 cm³/mol. The van der Waals surface area contributed by atoms with E-state index in [9.17, 15) is 26.3 Å². The quantitative estimate of drug-likeness (QED) is 0.738. The lowest BCUT2D eigenvalue weighted by molar-refractivity contribution is -0.274. The van der Waals surface area contributed by atoms with Crippen LogP contribution in [0, 0.1) is 5.82 Å². The number of halogens is 6. The Morgan fingerprint density at radius 3 is 2.00 bits per heavy atom. The fourth-order valence-corrected chi connectivity index (χ4v) is 1.75. The molecule has 0 aliphatic heterocycles. The third kappa shape index (κ3) is 4.57. The van der Waals surface area contributed by atoms with Gasteiger partial charge in [-0.25, -0.2) is 4.39 Å². The van der Waals surface area contributed by atoms with Crippen LogP contribution in [-0.2, 0) is 0 Å². The van der Waals surface area contributed by atoms with Crippen molar-refractivity contribution in [2.24, 2.45) is 0 Å². The van der Waals surface area contributed by atoms with Crippen molar-refractivity contribution in [3.05, 3.63) is 48.3 Å². The molecule has 2 rings (SSSR count). The third-order valence-electron chi connectivity index (χ3n) is 2.52. The summed E-state index contributed by atoms with van der Waals surface area (Å²) >= 11 is 0. The van der Waals surface area contributed by atoms with Crippen molar-refractivity contribution in [1.29, 1.82) is 0 Å². The average Bonchev–Trinajstić information content (AvgIpc) is 2.36. The van der Waals surface area contributed by atoms with Crippen LogP contribution < -0.4 is 9.47 Å². The molecule has 0 heterocycles. The van der Waals surface area contributed by atoms with E-state index in [1.54, 1.807) is 0 Å². The van der Waals surface area contributed by atoms with Gasteiger partial charge in [0.2, 0.25) is 0 Å². The fourth-order valence-electron chi connectivity index (χ4n) is 1.75. The smallest absolute Gasteiger partial charge is 0.435 e. The van der Waals surface area contributed by atoms with Crippen molar-refractivity contribution in [2.75, 3.05) is 0 Å². The first-order chi connectivity index (χ1) is 10.2. The summed E-state index contributed by atoms with van der Waals surface area (Å²) in [6.45, 7) is -3.11. The monoisotopic (exact) mass is 322 g/mol. The molecule has 22 heavy (non-hydrogen) atoms. The highest BCUT2D eigenvalue weighted by Crippen LogP contribution is 2.29. The molecule has 0 spiro atoms. The molecule has 2 aromatic carbocycles. The Bertz CT molecular complexity index is 637. The number of ether oxygens (including phenoxy) is 2. The van der Waals surface area contributed by atoms with Crippen LogP contribution in [0.4, 0.5) is 26.3 Å². The molecule has 2 aromatic rings. The first-order valence-electron chi connectivity index (χ1n) is 5.84. The summed E-state index contributed by atoms with van der Waals surface area (Å²) in [6.07, 6.45) is -4.82. The van der Waals surface area contributed by atoms with E-state index in [2.05, 4.69) is 9.47 Å². The second-order valence-electron chi connectivity index (χ2n) is 4.13. The molecule has 2 nitrogen and oxygen atoms in total. The Morgan fingerprint density at radius 2 is 1.45 bits per heavy atom. The molecule has 0 aliphatic rings. The number of benzene rings is 2. The lowest BCUT2D eigenvalue weighted by atomic mass is 10.1. The van der Waals surface area contributed by atoms with Crippen molar-refractivity contribution in [3.8, 4) is 22.6 Å². The molecule has 0 bridgehead atoms. The largest absolute Gasteiger partial charge is 0.573 e. The summed E-state index contributed by atoms with van der Waals surface area (Å²) in [5.41, 5.74) is 0.488. The summed E-state index contributed by atoms with van der Waals surface area (Å²) in [5.74, 6) is -1.65. The average molecular weight is 322 g/mol. The first-order valence-corrected chi connectivity index (χ1v) is 5.84. The molecular weight excluding hydrogens is 314 g/mol. The van der Waals surface area contributed by atoms with E-state index in [0.29, 0.717) is 5.56 Å². The Labute approximate surface area is 120 Å². The maximum absolute atomic E-state index is 13.4. The maximum Gasteiger partial charge on any atom is 0.573 e. The fraction of sp³-hybridized carbons (Fsp3) is 0.143. The second kappa shape index (κ2) is 6.17. The summed E-state index contributed by atoms with van der Waals surface area (Å²) < 4.78 is 81.5. The molecule has 0 saturated carbocycles. The zero-order valence-corrected chi connectivity index (χ0v) is 10.7. The lowest BCUT2D eigenvalue weighted by Crippen LogP contribution is -2.16. The van der Waals surface area contributed by atoms with Gasteiger partial charge in [-0.15, -0.1) is 13.2 Å². The summed E-state index contributed by atoms with van der Waals surface area (Å²) in [5, 5.41) is 0. The standard InChI is InChI=1S/C14H8F6O2/c15-10-5-9(6-12(7-10)21-13(16)17)8-1-3-11(4-2-8)22-14(18,19)20/h1-7,13H. The van der Waals surface area contributed by atoms with Gasteiger partial charge in [-0.05, 0) is 35.4 Å². The summed E-state index contributed by atoms with van der Waals surface area (Å²) in [6, 6.07) is 7.50. The minimum atomic E-state index is -4.82. The number of hydrogen-bond acceptors (Lipinski definition) is 2. The molecule has 0 saturated heterocycles. The van der Waals surface area contributed by atoms with Crippen LogP contribution in [0.3, 0.4) is 0 Å². The van der Waals surface area contributed by atoms with Crippen molar-refractivity contribution in [1.82, 2.24) is 0 Å². The molecule has 8 heteroatoms. The SMILES string of the molecule is Fc1cc(OC(F)F)cc(-c2ccc(OC(F)(F)F)cc2)c1. The Balaban J connectivity index is 2.26. The van der Waals surface area contributed by atoms with Gasteiger partial charge in [-0.3, -0.25) is 0 Å². The molecule has 0 aliphatic carbocycles. The van der Waals surface area contributed by atoms with E-state index < -0.39 is 24.5 Å². The normalized spacial score (nSPS) is 11.6. The van der Waals surface area contributed by atoms with Gasteiger partial charge in [0.1, 0.15) is 17.3 Å². The molecule has 0 atom stereocenters. The van der Waals surface area contributed by atoms with E-state index >= 15 is 0 Å². The lowest BCUT2D eigenvalue weighted by Gasteiger charge is -2.10. The highest BCUT2D eigenvalue weighted by molar-refractivity contribution is 5.66. The summed E-state index contributed by atoms with van der Waals surface area (Å²) in [7, 11) is 0. The van der Waals surface area contributed by atoms with Crippen molar-refractivity contribution in [3.63, 3.8) is 0 Å². The Morgan fingerprint density at radius 1 is 0.818 bits per heavy atom.